The fourth-order valence-corrected chi connectivity index (χ4v) is 2.07. The van der Waals surface area contributed by atoms with Crippen molar-refractivity contribution in [2.75, 3.05) is 0 Å². The zero-order valence-corrected chi connectivity index (χ0v) is 10.5. The molecule has 0 saturated heterocycles. The van der Waals surface area contributed by atoms with Crippen molar-refractivity contribution in [3.05, 3.63) is 70.0 Å². The predicted octanol–water partition coefficient (Wildman–Crippen LogP) is 4.03. The first kappa shape index (κ1) is 13.9. The van der Waals surface area contributed by atoms with Crippen molar-refractivity contribution in [2.45, 2.75) is 12.5 Å². The van der Waals surface area contributed by atoms with Crippen molar-refractivity contribution in [1.29, 1.82) is 0 Å². The number of aliphatic hydroxyl groups is 1. The Balaban J connectivity index is 2.25. The molecule has 0 aliphatic heterocycles. The van der Waals surface area contributed by atoms with Gasteiger partial charge in [-0.25, -0.2) is 13.2 Å². The van der Waals surface area contributed by atoms with Gasteiger partial charge in [0.15, 0.2) is 11.6 Å². The van der Waals surface area contributed by atoms with E-state index in [0.29, 0.717) is 5.56 Å². The van der Waals surface area contributed by atoms with Crippen molar-refractivity contribution in [1.82, 2.24) is 0 Å². The van der Waals surface area contributed by atoms with E-state index in [0.717, 1.165) is 12.1 Å². The van der Waals surface area contributed by atoms with E-state index in [1.807, 2.05) is 0 Å². The summed E-state index contributed by atoms with van der Waals surface area (Å²) in [6.07, 6.45) is -1.08. The SMILES string of the molecule is OC(Cc1cccc(F)c1)c1cc(F)c(F)cc1Cl. The van der Waals surface area contributed by atoms with Gasteiger partial charge in [0.2, 0.25) is 0 Å². The van der Waals surface area contributed by atoms with Crippen molar-refractivity contribution in [2.24, 2.45) is 0 Å². The highest BCUT2D eigenvalue weighted by Gasteiger charge is 2.16. The van der Waals surface area contributed by atoms with E-state index in [-0.39, 0.29) is 17.0 Å². The van der Waals surface area contributed by atoms with Crippen LogP contribution in [0.2, 0.25) is 5.02 Å². The summed E-state index contributed by atoms with van der Waals surface area (Å²) in [5.41, 5.74) is 0.609. The first-order valence-electron chi connectivity index (χ1n) is 5.54. The molecule has 0 spiro atoms. The molecule has 0 aliphatic carbocycles. The molecule has 1 nitrogen and oxygen atoms in total. The summed E-state index contributed by atoms with van der Waals surface area (Å²) in [7, 11) is 0. The van der Waals surface area contributed by atoms with Crippen molar-refractivity contribution < 1.29 is 18.3 Å². The van der Waals surface area contributed by atoms with Crippen LogP contribution in [0.1, 0.15) is 17.2 Å². The average molecular weight is 287 g/mol. The Morgan fingerprint density at radius 3 is 2.42 bits per heavy atom. The van der Waals surface area contributed by atoms with Crippen molar-refractivity contribution in [3.8, 4) is 0 Å². The van der Waals surface area contributed by atoms with E-state index in [1.54, 1.807) is 6.07 Å². The average Bonchev–Trinajstić information content (AvgIpc) is 2.33. The standard InChI is InChI=1S/C14H10ClF3O/c15-11-7-13(18)12(17)6-10(11)14(19)5-8-2-1-3-9(16)4-8/h1-4,6-7,14,19H,5H2. The summed E-state index contributed by atoms with van der Waals surface area (Å²) >= 11 is 5.75. The van der Waals surface area contributed by atoms with Gasteiger partial charge in [0.25, 0.3) is 0 Å². The van der Waals surface area contributed by atoms with Crippen LogP contribution >= 0.6 is 11.6 Å². The molecule has 2 rings (SSSR count). The summed E-state index contributed by atoms with van der Waals surface area (Å²) < 4.78 is 39.0. The van der Waals surface area contributed by atoms with Crippen LogP contribution in [-0.2, 0) is 6.42 Å². The molecule has 0 aromatic heterocycles. The maximum absolute atomic E-state index is 13.1. The second-order valence-corrected chi connectivity index (χ2v) is 4.54. The van der Waals surface area contributed by atoms with Crippen molar-refractivity contribution in [3.63, 3.8) is 0 Å². The minimum Gasteiger partial charge on any atom is -0.388 e. The van der Waals surface area contributed by atoms with Gasteiger partial charge in [-0.2, -0.15) is 0 Å². The van der Waals surface area contributed by atoms with Crippen LogP contribution in [0.3, 0.4) is 0 Å². The minimum atomic E-state index is -1.13. The van der Waals surface area contributed by atoms with E-state index in [9.17, 15) is 18.3 Å². The van der Waals surface area contributed by atoms with Gasteiger partial charge in [0.1, 0.15) is 5.82 Å². The third kappa shape index (κ3) is 3.28. The lowest BCUT2D eigenvalue weighted by atomic mass is 10.0. The van der Waals surface area contributed by atoms with E-state index >= 15 is 0 Å². The largest absolute Gasteiger partial charge is 0.388 e. The molecule has 0 heterocycles. The first-order chi connectivity index (χ1) is 8.97. The minimum absolute atomic E-state index is 0.0581. The molecule has 1 N–H and O–H groups in total. The monoisotopic (exact) mass is 286 g/mol. The fourth-order valence-electron chi connectivity index (χ4n) is 1.79. The second kappa shape index (κ2) is 5.63. The van der Waals surface area contributed by atoms with Crippen molar-refractivity contribution >= 4 is 11.6 Å². The molecule has 19 heavy (non-hydrogen) atoms. The molecule has 100 valence electrons. The molecule has 2 aromatic carbocycles. The van der Waals surface area contributed by atoms with E-state index in [1.165, 1.54) is 18.2 Å². The molecule has 5 heteroatoms. The quantitative estimate of drug-likeness (QED) is 0.845. The number of hydrogen-bond acceptors (Lipinski definition) is 1. The van der Waals surface area contributed by atoms with Gasteiger partial charge in [-0.15, -0.1) is 0 Å². The Bertz CT molecular complexity index is 601. The molecule has 0 radical (unpaired) electrons. The van der Waals surface area contributed by atoms with E-state index < -0.39 is 23.6 Å². The lowest BCUT2D eigenvalue weighted by Gasteiger charge is -2.13. The molecule has 1 atom stereocenters. The summed E-state index contributed by atoms with van der Waals surface area (Å²) in [5.74, 6) is -2.59. The Morgan fingerprint density at radius 1 is 1.05 bits per heavy atom. The highest BCUT2D eigenvalue weighted by Crippen LogP contribution is 2.28. The van der Waals surface area contributed by atoms with Crippen LogP contribution < -0.4 is 0 Å². The molecule has 0 fully saturated rings. The first-order valence-corrected chi connectivity index (χ1v) is 5.92. The van der Waals surface area contributed by atoms with E-state index in [4.69, 9.17) is 11.6 Å². The third-order valence-corrected chi connectivity index (χ3v) is 3.04. The molecule has 1 unspecified atom stereocenters. The fraction of sp³-hybridized carbons (Fsp3) is 0.143. The van der Waals surface area contributed by atoms with Crippen LogP contribution in [0.4, 0.5) is 13.2 Å². The molecule has 2 aromatic rings. The maximum atomic E-state index is 13.1. The molecular weight excluding hydrogens is 277 g/mol. The van der Waals surface area contributed by atoms with Gasteiger partial charge in [0.05, 0.1) is 6.10 Å². The number of halogens is 4. The van der Waals surface area contributed by atoms with E-state index in [2.05, 4.69) is 0 Å². The molecular formula is C14H10ClF3O. The Labute approximate surface area is 113 Å². The number of benzene rings is 2. The topological polar surface area (TPSA) is 20.2 Å². The van der Waals surface area contributed by atoms with Crippen LogP contribution in [0.15, 0.2) is 36.4 Å². The van der Waals surface area contributed by atoms with Crippen LogP contribution in [0, 0.1) is 17.5 Å². The predicted molar refractivity (Wildman–Crippen MR) is 66.4 cm³/mol. The third-order valence-electron chi connectivity index (χ3n) is 2.72. The normalized spacial score (nSPS) is 12.5. The smallest absolute Gasteiger partial charge is 0.160 e. The number of hydrogen-bond donors (Lipinski definition) is 1. The Hall–Kier alpha value is -1.52. The molecule has 0 saturated carbocycles. The number of rotatable bonds is 3. The van der Waals surface area contributed by atoms with Crippen LogP contribution in [0.25, 0.3) is 0 Å². The molecule has 0 bridgehead atoms. The van der Waals surface area contributed by atoms with Gasteiger partial charge >= 0.3 is 0 Å². The number of aliphatic hydroxyl groups excluding tert-OH is 1. The second-order valence-electron chi connectivity index (χ2n) is 4.14. The van der Waals surface area contributed by atoms with Crippen LogP contribution in [0.5, 0.6) is 0 Å². The molecule has 0 amide bonds. The Kier molecular flexibility index (Phi) is 4.12. The maximum Gasteiger partial charge on any atom is 0.160 e. The lowest BCUT2D eigenvalue weighted by molar-refractivity contribution is 0.178. The summed E-state index contributed by atoms with van der Waals surface area (Å²) in [4.78, 5) is 0. The van der Waals surface area contributed by atoms with Gasteiger partial charge in [-0.05, 0) is 29.8 Å². The summed E-state index contributed by atoms with van der Waals surface area (Å²) in [5, 5.41) is 9.90. The zero-order chi connectivity index (χ0) is 14.0. The highest BCUT2D eigenvalue weighted by atomic mass is 35.5. The van der Waals surface area contributed by atoms with Gasteiger partial charge in [-0.3, -0.25) is 0 Å². The lowest BCUT2D eigenvalue weighted by Crippen LogP contribution is -2.04. The zero-order valence-electron chi connectivity index (χ0n) is 9.71. The highest BCUT2D eigenvalue weighted by molar-refractivity contribution is 6.31. The molecule has 0 aliphatic rings. The van der Waals surface area contributed by atoms with Crippen LogP contribution in [-0.4, -0.2) is 5.11 Å². The van der Waals surface area contributed by atoms with Gasteiger partial charge in [-0.1, -0.05) is 23.7 Å². The van der Waals surface area contributed by atoms with Gasteiger partial charge < -0.3 is 5.11 Å². The summed E-state index contributed by atoms with van der Waals surface area (Å²) in [6, 6.07) is 7.32. The van der Waals surface area contributed by atoms with Gasteiger partial charge in [0, 0.05) is 17.0 Å². The summed E-state index contributed by atoms with van der Waals surface area (Å²) in [6.45, 7) is 0. The Morgan fingerprint density at radius 2 is 1.74 bits per heavy atom.